The Morgan fingerprint density at radius 3 is 2.74 bits per heavy atom. The molecule has 0 aliphatic heterocycles. The summed E-state index contributed by atoms with van der Waals surface area (Å²) in [7, 11) is 0. The topological polar surface area (TPSA) is 48.1 Å². The lowest BCUT2D eigenvalue weighted by Crippen LogP contribution is -2.09. The van der Waals surface area contributed by atoms with E-state index in [0.29, 0.717) is 6.61 Å². The van der Waals surface area contributed by atoms with Gasteiger partial charge in [0.25, 0.3) is 0 Å². The van der Waals surface area contributed by atoms with Crippen LogP contribution in [0.4, 0.5) is 0 Å². The number of hydrogen-bond acceptors (Lipinski definition) is 3. The summed E-state index contributed by atoms with van der Waals surface area (Å²) in [6, 6.07) is 10.0. The van der Waals surface area contributed by atoms with Crippen LogP contribution in [0.15, 0.2) is 36.5 Å². The Balaban J connectivity index is 2.19. The van der Waals surface area contributed by atoms with E-state index in [4.69, 9.17) is 10.5 Å². The van der Waals surface area contributed by atoms with E-state index in [0.717, 1.165) is 28.1 Å². The summed E-state index contributed by atoms with van der Waals surface area (Å²) >= 11 is 0. The van der Waals surface area contributed by atoms with Gasteiger partial charge in [-0.2, -0.15) is 0 Å². The van der Waals surface area contributed by atoms with Gasteiger partial charge in [0.15, 0.2) is 0 Å². The van der Waals surface area contributed by atoms with Gasteiger partial charge in [-0.05, 0) is 44.0 Å². The fourth-order valence-corrected chi connectivity index (χ4v) is 1.96. The van der Waals surface area contributed by atoms with Crippen molar-refractivity contribution in [3.63, 3.8) is 0 Å². The van der Waals surface area contributed by atoms with Crippen molar-refractivity contribution in [1.29, 1.82) is 0 Å². The van der Waals surface area contributed by atoms with E-state index >= 15 is 0 Å². The smallest absolute Gasteiger partial charge is 0.130 e. The van der Waals surface area contributed by atoms with Gasteiger partial charge in [-0.25, -0.2) is 0 Å². The monoisotopic (exact) mass is 256 g/mol. The molecule has 0 spiro atoms. The molecule has 0 amide bonds. The molecule has 1 aromatic heterocycles. The van der Waals surface area contributed by atoms with Gasteiger partial charge in [0, 0.05) is 17.8 Å². The first-order valence-electron chi connectivity index (χ1n) is 6.47. The molecular weight excluding hydrogens is 236 g/mol. The maximum absolute atomic E-state index is 5.97. The molecule has 2 N–H and O–H groups in total. The highest BCUT2D eigenvalue weighted by atomic mass is 16.5. The van der Waals surface area contributed by atoms with Crippen LogP contribution in [-0.4, -0.2) is 4.98 Å². The Kier molecular flexibility index (Phi) is 4.17. The van der Waals surface area contributed by atoms with Crippen LogP contribution in [0.25, 0.3) is 0 Å². The van der Waals surface area contributed by atoms with E-state index in [2.05, 4.69) is 11.1 Å². The molecular formula is C16H20N2O. The molecule has 1 aromatic carbocycles. The second kappa shape index (κ2) is 5.85. The van der Waals surface area contributed by atoms with Crippen molar-refractivity contribution in [2.24, 2.45) is 5.73 Å². The molecule has 1 atom stereocenters. The second-order valence-corrected chi connectivity index (χ2v) is 4.89. The number of benzene rings is 1. The lowest BCUT2D eigenvalue weighted by atomic mass is 10.1. The van der Waals surface area contributed by atoms with Crippen LogP contribution >= 0.6 is 0 Å². The lowest BCUT2D eigenvalue weighted by Gasteiger charge is -2.15. The Bertz CT molecular complexity index is 564. The van der Waals surface area contributed by atoms with Gasteiger partial charge in [-0.1, -0.05) is 18.2 Å². The molecule has 1 unspecified atom stereocenters. The molecule has 0 aliphatic carbocycles. The third-order valence-corrected chi connectivity index (χ3v) is 3.14. The molecule has 0 saturated heterocycles. The van der Waals surface area contributed by atoms with Crippen LogP contribution in [0, 0.1) is 13.8 Å². The predicted molar refractivity (Wildman–Crippen MR) is 77.1 cm³/mol. The number of ether oxygens (including phenoxy) is 1. The largest absolute Gasteiger partial charge is 0.487 e. The van der Waals surface area contributed by atoms with Crippen LogP contribution in [0.1, 0.15) is 35.3 Å². The highest BCUT2D eigenvalue weighted by Gasteiger charge is 2.09. The molecule has 100 valence electrons. The first kappa shape index (κ1) is 13.6. The molecule has 3 heteroatoms. The average molecular weight is 256 g/mol. The summed E-state index contributed by atoms with van der Waals surface area (Å²) in [6.45, 7) is 6.51. The standard InChI is InChI=1S/C16H20N2O/c1-11-6-7-14(13(3)17)16(9-11)19-10-15-12(2)5-4-8-18-15/h4-9,13H,10,17H2,1-3H3. The molecule has 0 saturated carbocycles. The van der Waals surface area contributed by atoms with E-state index in [1.807, 2.05) is 45.0 Å². The third-order valence-electron chi connectivity index (χ3n) is 3.14. The van der Waals surface area contributed by atoms with Gasteiger partial charge in [-0.3, -0.25) is 4.98 Å². The third kappa shape index (κ3) is 3.32. The fraction of sp³-hybridized carbons (Fsp3) is 0.312. The molecule has 0 radical (unpaired) electrons. The number of aromatic nitrogens is 1. The number of pyridine rings is 1. The number of hydrogen-bond donors (Lipinski definition) is 1. The highest BCUT2D eigenvalue weighted by molar-refractivity contribution is 5.39. The van der Waals surface area contributed by atoms with Crippen molar-refractivity contribution in [3.05, 3.63) is 58.9 Å². The molecule has 3 nitrogen and oxygen atoms in total. The van der Waals surface area contributed by atoms with E-state index in [-0.39, 0.29) is 6.04 Å². The number of rotatable bonds is 4. The van der Waals surface area contributed by atoms with Gasteiger partial charge in [0.1, 0.15) is 12.4 Å². The van der Waals surface area contributed by atoms with Crippen LogP contribution < -0.4 is 10.5 Å². The van der Waals surface area contributed by atoms with Gasteiger partial charge >= 0.3 is 0 Å². The van der Waals surface area contributed by atoms with Crippen LogP contribution in [0.3, 0.4) is 0 Å². The summed E-state index contributed by atoms with van der Waals surface area (Å²) in [5.74, 6) is 0.847. The number of nitrogens with zero attached hydrogens (tertiary/aromatic N) is 1. The van der Waals surface area contributed by atoms with Crippen molar-refractivity contribution in [2.75, 3.05) is 0 Å². The van der Waals surface area contributed by atoms with Crippen molar-refractivity contribution in [3.8, 4) is 5.75 Å². The summed E-state index contributed by atoms with van der Waals surface area (Å²) in [5, 5.41) is 0. The molecule has 19 heavy (non-hydrogen) atoms. The minimum absolute atomic E-state index is 0.0413. The number of nitrogens with two attached hydrogens (primary N) is 1. The number of aryl methyl sites for hydroxylation is 2. The molecule has 2 aromatic rings. The summed E-state index contributed by atoms with van der Waals surface area (Å²) in [6.07, 6.45) is 1.79. The second-order valence-electron chi connectivity index (χ2n) is 4.89. The summed E-state index contributed by atoms with van der Waals surface area (Å²) in [5.41, 5.74) is 10.3. The van der Waals surface area contributed by atoms with E-state index in [1.54, 1.807) is 6.20 Å². The minimum Gasteiger partial charge on any atom is -0.487 e. The van der Waals surface area contributed by atoms with Gasteiger partial charge in [0.2, 0.25) is 0 Å². The minimum atomic E-state index is -0.0413. The van der Waals surface area contributed by atoms with Crippen molar-refractivity contribution in [1.82, 2.24) is 4.98 Å². The SMILES string of the molecule is Cc1ccc(C(C)N)c(OCc2ncccc2C)c1. The van der Waals surface area contributed by atoms with E-state index in [9.17, 15) is 0 Å². The zero-order valence-electron chi connectivity index (χ0n) is 11.7. The summed E-state index contributed by atoms with van der Waals surface area (Å²) < 4.78 is 5.90. The Morgan fingerprint density at radius 2 is 2.05 bits per heavy atom. The average Bonchev–Trinajstić information content (AvgIpc) is 2.37. The first-order chi connectivity index (χ1) is 9.08. The maximum atomic E-state index is 5.97. The van der Waals surface area contributed by atoms with Crippen LogP contribution in [-0.2, 0) is 6.61 Å². The van der Waals surface area contributed by atoms with Crippen molar-refractivity contribution < 1.29 is 4.74 Å². The van der Waals surface area contributed by atoms with Gasteiger partial charge in [-0.15, -0.1) is 0 Å². The maximum Gasteiger partial charge on any atom is 0.130 e. The zero-order chi connectivity index (χ0) is 13.8. The first-order valence-corrected chi connectivity index (χ1v) is 6.47. The Hall–Kier alpha value is -1.87. The quantitative estimate of drug-likeness (QED) is 0.913. The van der Waals surface area contributed by atoms with E-state index in [1.165, 1.54) is 0 Å². The Labute approximate surface area is 114 Å². The molecule has 0 aliphatic rings. The lowest BCUT2D eigenvalue weighted by molar-refractivity contribution is 0.295. The highest BCUT2D eigenvalue weighted by Crippen LogP contribution is 2.26. The van der Waals surface area contributed by atoms with Gasteiger partial charge < -0.3 is 10.5 Å². The normalized spacial score (nSPS) is 12.2. The van der Waals surface area contributed by atoms with E-state index < -0.39 is 0 Å². The van der Waals surface area contributed by atoms with Crippen LogP contribution in [0.5, 0.6) is 5.75 Å². The predicted octanol–water partition coefficient (Wildman–Crippen LogP) is 3.30. The molecule has 0 fully saturated rings. The summed E-state index contributed by atoms with van der Waals surface area (Å²) in [4.78, 5) is 4.33. The van der Waals surface area contributed by atoms with Crippen molar-refractivity contribution in [2.45, 2.75) is 33.4 Å². The zero-order valence-corrected chi connectivity index (χ0v) is 11.7. The Morgan fingerprint density at radius 1 is 1.26 bits per heavy atom. The van der Waals surface area contributed by atoms with Crippen molar-refractivity contribution >= 4 is 0 Å². The van der Waals surface area contributed by atoms with Crippen LogP contribution in [0.2, 0.25) is 0 Å². The molecule has 0 bridgehead atoms. The fourth-order valence-electron chi connectivity index (χ4n) is 1.96. The molecule has 2 rings (SSSR count). The molecule has 1 heterocycles. The van der Waals surface area contributed by atoms with Gasteiger partial charge in [0.05, 0.1) is 5.69 Å².